The van der Waals surface area contributed by atoms with Crippen LogP contribution in [0.5, 0.6) is 0 Å². The van der Waals surface area contributed by atoms with Crippen LogP contribution in [0.15, 0.2) is 29.2 Å². The molecule has 0 fully saturated rings. The van der Waals surface area contributed by atoms with Crippen LogP contribution in [-0.2, 0) is 16.0 Å². The zero-order chi connectivity index (χ0) is 13.4. The van der Waals surface area contributed by atoms with Crippen molar-refractivity contribution in [1.82, 2.24) is 5.32 Å². The van der Waals surface area contributed by atoms with Crippen molar-refractivity contribution in [1.29, 1.82) is 0 Å². The largest absolute Gasteiger partial charge is 0.466 e. The first-order chi connectivity index (χ1) is 8.67. The lowest BCUT2D eigenvalue weighted by atomic mass is 10.2. The topological polar surface area (TPSA) is 38.3 Å². The van der Waals surface area contributed by atoms with Crippen LogP contribution in [0.2, 0.25) is 0 Å². The highest BCUT2D eigenvalue weighted by Gasteiger charge is 2.07. The van der Waals surface area contributed by atoms with Crippen LogP contribution in [0.1, 0.15) is 25.1 Å². The normalized spacial score (nSPS) is 13.4. The molecule has 0 radical (unpaired) electrons. The summed E-state index contributed by atoms with van der Waals surface area (Å²) in [4.78, 5) is 12.7. The minimum absolute atomic E-state index is 0.231. The van der Waals surface area contributed by atoms with Crippen molar-refractivity contribution in [3.63, 3.8) is 0 Å². The SMILES string of the molecule is CC/C(=C/CNC(C)Cc1cccs1)C(=O)OC. The van der Waals surface area contributed by atoms with Gasteiger partial charge in [0.15, 0.2) is 0 Å². The number of esters is 1. The highest BCUT2D eigenvalue weighted by molar-refractivity contribution is 7.09. The van der Waals surface area contributed by atoms with Crippen LogP contribution >= 0.6 is 11.3 Å². The number of ether oxygens (including phenoxy) is 1. The molecule has 4 heteroatoms. The summed E-state index contributed by atoms with van der Waals surface area (Å²) in [5, 5.41) is 5.48. The van der Waals surface area contributed by atoms with Gasteiger partial charge in [-0.15, -0.1) is 11.3 Å². The molecule has 1 unspecified atom stereocenters. The monoisotopic (exact) mass is 267 g/mol. The third kappa shape index (κ3) is 5.02. The molecule has 1 rings (SSSR count). The minimum atomic E-state index is -0.231. The average molecular weight is 267 g/mol. The first-order valence-electron chi connectivity index (χ1n) is 6.20. The summed E-state index contributed by atoms with van der Waals surface area (Å²) in [5.41, 5.74) is 0.730. The Morgan fingerprint density at radius 1 is 1.61 bits per heavy atom. The Bertz CT molecular complexity index is 385. The number of rotatable bonds is 7. The van der Waals surface area contributed by atoms with Gasteiger partial charge in [-0.1, -0.05) is 19.1 Å². The number of methoxy groups -OCH3 is 1. The Hall–Kier alpha value is -1.13. The Morgan fingerprint density at radius 2 is 2.39 bits per heavy atom. The van der Waals surface area contributed by atoms with Crippen LogP contribution in [-0.4, -0.2) is 25.7 Å². The number of carbonyl (C=O) groups is 1. The highest BCUT2D eigenvalue weighted by Crippen LogP contribution is 2.10. The fourth-order valence-electron chi connectivity index (χ4n) is 1.69. The van der Waals surface area contributed by atoms with Gasteiger partial charge in [0.25, 0.3) is 0 Å². The van der Waals surface area contributed by atoms with Gasteiger partial charge in [0.2, 0.25) is 0 Å². The summed E-state index contributed by atoms with van der Waals surface area (Å²) in [5.74, 6) is -0.231. The molecule has 0 aliphatic rings. The van der Waals surface area contributed by atoms with E-state index in [2.05, 4.69) is 29.8 Å². The molecular formula is C14H21NO2S. The second-order valence-electron chi connectivity index (χ2n) is 4.17. The highest BCUT2D eigenvalue weighted by atomic mass is 32.1. The molecule has 3 nitrogen and oxygen atoms in total. The molecule has 0 aliphatic heterocycles. The lowest BCUT2D eigenvalue weighted by molar-refractivity contribution is -0.136. The van der Waals surface area contributed by atoms with E-state index in [0.29, 0.717) is 19.0 Å². The maximum atomic E-state index is 11.4. The van der Waals surface area contributed by atoms with Crippen molar-refractivity contribution in [2.75, 3.05) is 13.7 Å². The van der Waals surface area contributed by atoms with Gasteiger partial charge in [-0.25, -0.2) is 4.79 Å². The maximum absolute atomic E-state index is 11.4. The molecule has 0 aromatic carbocycles. The molecule has 1 aromatic heterocycles. The zero-order valence-electron chi connectivity index (χ0n) is 11.2. The molecule has 0 amide bonds. The van der Waals surface area contributed by atoms with E-state index in [1.54, 1.807) is 11.3 Å². The third-order valence-electron chi connectivity index (χ3n) is 2.73. The second kappa shape index (κ2) is 8.06. The molecule has 1 atom stereocenters. The first kappa shape index (κ1) is 14.9. The standard InChI is InChI=1S/C14H21NO2S/c1-4-12(14(16)17-3)7-8-15-11(2)10-13-6-5-9-18-13/h5-7,9,11,15H,4,8,10H2,1-3H3/b12-7-. The quantitative estimate of drug-likeness (QED) is 0.610. The Balaban J connectivity index is 2.35. The molecular weight excluding hydrogens is 246 g/mol. The molecule has 1 aromatic rings. The molecule has 1 N–H and O–H groups in total. The van der Waals surface area contributed by atoms with E-state index in [1.165, 1.54) is 12.0 Å². The lowest BCUT2D eigenvalue weighted by Crippen LogP contribution is -2.28. The Morgan fingerprint density at radius 3 is 2.94 bits per heavy atom. The number of hydrogen-bond donors (Lipinski definition) is 1. The van der Waals surface area contributed by atoms with Crippen molar-refractivity contribution >= 4 is 17.3 Å². The number of nitrogens with one attached hydrogen (secondary N) is 1. The van der Waals surface area contributed by atoms with Crippen LogP contribution < -0.4 is 5.32 Å². The van der Waals surface area contributed by atoms with E-state index >= 15 is 0 Å². The van der Waals surface area contributed by atoms with Gasteiger partial charge in [-0.2, -0.15) is 0 Å². The molecule has 0 bridgehead atoms. The number of carbonyl (C=O) groups excluding carboxylic acids is 1. The lowest BCUT2D eigenvalue weighted by Gasteiger charge is -2.11. The smallest absolute Gasteiger partial charge is 0.333 e. The zero-order valence-corrected chi connectivity index (χ0v) is 12.0. The van der Waals surface area contributed by atoms with Crippen LogP contribution in [0, 0.1) is 0 Å². The van der Waals surface area contributed by atoms with E-state index in [9.17, 15) is 4.79 Å². The fraction of sp³-hybridized carbons (Fsp3) is 0.500. The van der Waals surface area contributed by atoms with Crippen molar-refractivity contribution in [3.05, 3.63) is 34.0 Å². The molecule has 0 aliphatic carbocycles. The summed E-state index contributed by atoms with van der Waals surface area (Å²) in [6.45, 7) is 4.81. The van der Waals surface area contributed by atoms with Crippen molar-refractivity contribution in [2.24, 2.45) is 0 Å². The summed E-state index contributed by atoms with van der Waals surface area (Å²) in [7, 11) is 1.42. The van der Waals surface area contributed by atoms with E-state index < -0.39 is 0 Å². The molecule has 100 valence electrons. The van der Waals surface area contributed by atoms with E-state index in [4.69, 9.17) is 4.74 Å². The van der Waals surface area contributed by atoms with Crippen molar-refractivity contribution in [3.8, 4) is 0 Å². The van der Waals surface area contributed by atoms with Crippen molar-refractivity contribution < 1.29 is 9.53 Å². The van der Waals surface area contributed by atoms with Gasteiger partial charge in [-0.05, 0) is 31.2 Å². The van der Waals surface area contributed by atoms with E-state index in [0.717, 1.165) is 12.0 Å². The minimum Gasteiger partial charge on any atom is -0.466 e. The summed E-state index contributed by atoms with van der Waals surface area (Å²) in [6, 6.07) is 4.61. The maximum Gasteiger partial charge on any atom is 0.333 e. The van der Waals surface area contributed by atoms with Crippen molar-refractivity contribution in [2.45, 2.75) is 32.7 Å². The van der Waals surface area contributed by atoms with Gasteiger partial charge in [0.05, 0.1) is 7.11 Å². The van der Waals surface area contributed by atoms with Crippen LogP contribution in [0.3, 0.4) is 0 Å². The molecule has 0 spiro atoms. The second-order valence-corrected chi connectivity index (χ2v) is 5.20. The van der Waals surface area contributed by atoms with E-state index in [1.807, 2.05) is 13.0 Å². The molecule has 18 heavy (non-hydrogen) atoms. The molecule has 1 heterocycles. The number of hydrogen-bond acceptors (Lipinski definition) is 4. The summed E-state index contributed by atoms with van der Waals surface area (Å²) >= 11 is 1.77. The third-order valence-corrected chi connectivity index (χ3v) is 3.63. The van der Waals surface area contributed by atoms with E-state index in [-0.39, 0.29) is 5.97 Å². The fourth-order valence-corrected chi connectivity index (χ4v) is 2.52. The molecule has 0 saturated carbocycles. The van der Waals surface area contributed by atoms with Gasteiger partial charge >= 0.3 is 5.97 Å². The summed E-state index contributed by atoms with van der Waals surface area (Å²) in [6.07, 6.45) is 3.63. The van der Waals surface area contributed by atoms with Crippen LogP contribution in [0.25, 0.3) is 0 Å². The predicted octanol–water partition coefficient (Wildman–Crippen LogP) is 2.78. The first-order valence-corrected chi connectivity index (χ1v) is 7.08. The van der Waals surface area contributed by atoms with Gasteiger partial charge < -0.3 is 10.1 Å². The van der Waals surface area contributed by atoms with Gasteiger partial charge in [0, 0.05) is 23.0 Å². The number of thiophene rings is 1. The van der Waals surface area contributed by atoms with Crippen LogP contribution in [0.4, 0.5) is 0 Å². The van der Waals surface area contributed by atoms with Gasteiger partial charge in [0.1, 0.15) is 0 Å². The predicted molar refractivity (Wildman–Crippen MR) is 75.9 cm³/mol. The Kier molecular flexibility index (Phi) is 6.68. The average Bonchev–Trinajstić information content (AvgIpc) is 2.86. The molecule has 0 saturated heterocycles. The summed E-state index contributed by atoms with van der Waals surface area (Å²) < 4.78 is 4.71. The van der Waals surface area contributed by atoms with Gasteiger partial charge in [-0.3, -0.25) is 0 Å². The Labute approximate surface area is 113 Å².